The second-order valence-electron chi connectivity index (χ2n) is 5.78. The van der Waals surface area contributed by atoms with Crippen molar-refractivity contribution in [3.8, 4) is 0 Å². The molecule has 0 aliphatic rings. The Labute approximate surface area is 156 Å². The molecule has 2 aromatic carbocycles. The van der Waals surface area contributed by atoms with Crippen molar-refractivity contribution in [1.82, 2.24) is 5.32 Å². The average Bonchev–Trinajstić information content (AvgIpc) is 2.68. The van der Waals surface area contributed by atoms with Crippen LogP contribution in [0.2, 0.25) is 0 Å². The second kappa shape index (κ2) is 10.1. The number of benzene rings is 2. The number of nitrogens with one attached hydrogen (secondary N) is 1. The molecule has 2 N–H and O–H groups in total. The number of carboxylic acid groups (broad SMARTS) is 1. The van der Waals surface area contributed by atoms with E-state index < -0.39 is 36.4 Å². The molecule has 7 heteroatoms. The highest BCUT2D eigenvalue weighted by atomic mass is 16.5. The largest absolute Gasteiger partial charge is 0.480 e. The van der Waals surface area contributed by atoms with Gasteiger partial charge in [-0.3, -0.25) is 9.59 Å². The first-order valence-corrected chi connectivity index (χ1v) is 8.31. The van der Waals surface area contributed by atoms with Crippen LogP contribution < -0.4 is 5.32 Å². The van der Waals surface area contributed by atoms with Gasteiger partial charge in [-0.25, -0.2) is 4.79 Å². The number of hydrogen-bond donors (Lipinski definition) is 2. The van der Waals surface area contributed by atoms with E-state index in [1.165, 1.54) is 7.11 Å². The lowest BCUT2D eigenvalue weighted by molar-refractivity contribution is -0.152. The summed E-state index contributed by atoms with van der Waals surface area (Å²) in [5.41, 5.74) is 1.36. The molecule has 0 bridgehead atoms. The van der Waals surface area contributed by atoms with Gasteiger partial charge >= 0.3 is 11.9 Å². The molecular weight excluding hydrogens is 350 g/mol. The van der Waals surface area contributed by atoms with E-state index in [0.29, 0.717) is 5.56 Å². The van der Waals surface area contributed by atoms with E-state index in [1.807, 2.05) is 6.07 Å². The monoisotopic (exact) mass is 371 g/mol. The van der Waals surface area contributed by atoms with Crippen LogP contribution in [0.3, 0.4) is 0 Å². The zero-order valence-electron chi connectivity index (χ0n) is 14.8. The lowest BCUT2D eigenvalue weighted by Gasteiger charge is -2.19. The number of carbonyl (C=O) groups is 3. The smallest absolute Gasteiger partial charge is 0.326 e. The fraction of sp³-hybridized carbons (Fsp3) is 0.250. The zero-order chi connectivity index (χ0) is 19.6. The Balaban J connectivity index is 1.94. The van der Waals surface area contributed by atoms with Gasteiger partial charge in [0.2, 0.25) is 0 Å². The van der Waals surface area contributed by atoms with E-state index in [-0.39, 0.29) is 6.61 Å². The third-order valence-corrected chi connectivity index (χ3v) is 3.80. The van der Waals surface area contributed by atoms with Crippen LogP contribution in [0.4, 0.5) is 0 Å². The Kier molecular flexibility index (Phi) is 7.51. The molecule has 0 saturated heterocycles. The zero-order valence-corrected chi connectivity index (χ0v) is 14.8. The molecular formula is C20H21NO6. The van der Waals surface area contributed by atoms with Gasteiger partial charge in [-0.15, -0.1) is 0 Å². The summed E-state index contributed by atoms with van der Waals surface area (Å²) in [6.07, 6.45) is -1.47. The summed E-state index contributed by atoms with van der Waals surface area (Å²) in [7, 11) is 1.35. The molecule has 27 heavy (non-hydrogen) atoms. The van der Waals surface area contributed by atoms with Crippen LogP contribution in [0.25, 0.3) is 0 Å². The minimum atomic E-state index is -1.41. The highest BCUT2D eigenvalue weighted by Gasteiger charge is 2.28. The lowest BCUT2D eigenvalue weighted by atomic mass is 10.1. The van der Waals surface area contributed by atoms with Crippen molar-refractivity contribution in [2.75, 3.05) is 7.11 Å². The predicted octanol–water partition coefficient (Wildman–Crippen LogP) is 2.08. The van der Waals surface area contributed by atoms with Crippen LogP contribution >= 0.6 is 0 Å². The molecule has 1 amide bonds. The summed E-state index contributed by atoms with van der Waals surface area (Å²) in [6.45, 7) is 0.0324. The molecule has 0 aliphatic carbocycles. The van der Waals surface area contributed by atoms with Gasteiger partial charge in [0.25, 0.3) is 5.91 Å². The topological polar surface area (TPSA) is 102 Å². The van der Waals surface area contributed by atoms with Gasteiger partial charge in [-0.2, -0.15) is 0 Å². The maximum Gasteiger partial charge on any atom is 0.326 e. The highest BCUT2D eigenvalue weighted by Crippen LogP contribution is 2.16. The van der Waals surface area contributed by atoms with E-state index in [1.54, 1.807) is 54.6 Å². The predicted molar refractivity (Wildman–Crippen MR) is 96.6 cm³/mol. The van der Waals surface area contributed by atoms with E-state index in [4.69, 9.17) is 9.47 Å². The van der Waals surface area contributed by atoms with Crippen LogP contribution in [0, 0.1) is 0 Å². The Hall–Kier alpha value is -3.19. The van der Waals surface area contributed by atoms with Crippen molar-refractivity contribution in [3.63, 3.8) is 0 Å². The molecule has 7 nitrogen and oxygen atoms in total. The SMILES string of the molecule is CO[C@H](C(=O)N[C@H](CC(=O)OCc1ccccc1)C(=O)O)c1ccccc1. The van der Waals surface area contributed by atoms with Crippen LogP contribution in [0.5, 0.6) is 0 Å². The third kappa shape index (κ3) is 6.23. The molecule has 0 spiro atoms. The number of ether oxygens (including phenoxy) is 2. The number of aliphatic carboxylic acids is 1. The third-order valence-electron chi connectivity index (χ3n) is 3.80. The average molecular weight is 371 g/mol. The minimum Gasteiger partial charge on any atom is -0.480 e. The van der Waals surface area contributed by atoms with E-state index >= 15 is 0 Å². The fourth-order valence-corrected chi connectivity index (χ4v) is 2.43. The van der Waals surface area contributed by atoms with Crippen LogP contribution in [0.1, 0.15) is 23.7 Å². The van der Waals surface area contributed by atoms with Gasteiger partial charge in [0.1, 0.15) is 12.6 Å². The van der Waals surface area contributed by atoms with E-state index in [2.05, 4.69) is 5.32 Å². The number of carboxylic acids is 1. The maximum atomic E-state index is 12.4. The van der Waals surface area contributed by atoms with Crippen LogP contribution in [-0.2, 0) is 30.5 Å². The Morgan fingerprint density at radius 1 is 1.00 bits per heavy atom. The number of esters is 1. The van der Waals surface area contributed by atoms with Gasteiger partial charge in [-0.05, 0) is 11.1 Å². The summed E-state index contributed by atoms with van der Waals surface area (Å²) in [4.78, 5) is 35.8. The van der Waals surface area contributed by atoms with Crippen molar-refractivity contribution in [1.29, 1.82) is 0 Å². The molecule has 2 rings (SSSR count). The van der Waals surface area contributed by atoms with Crippen LogP contribution in [0.15, 0.2) is 60.7 Å². The number of hydrogen-bond acceptors (Lipinski definition) is 5. The summed E-state index contributed by atoms with van der Waals surface area (Å²) in [5.74, 6) is -2.70. The Morgan fingerprint density at radius 2 is 1.59 bits per heavy atom. The summed E-state index contributed by atoms with van der Waals surface area (Å²) >= 11 is 0. The number of methoxy groups -OCH3 is 1. The van der Waals surface area contributed by atoms with Crippen LogP contribution in [-0.4, -0.2) is 36.1 Å². The maximum absolute atomic E-state index is 12.4. The van der Waals surface area contributed by atoms with Crippen molar-refractivity contribution < 1.29 is 29.0 Å². The molecule has 0 saturated carbocycles. The Morgan fingerprint density at radius 3 is 2.15 bits per heavy atom. The number of carbonyl (C=O) groups excluding carboxylic acids is 2. The first kappa shape index (κ1) is 20.1. The fourth-order valence-electron chi connectivity index (χ4n) is 2.43. The molecule has 142 valence electrons. The van der Waals surface area contributed by atoms with Crippen molar-refractivity contribution in [3.05, 3.63) is 71.8 Å². The van der Waals surface area contributed by atoms with E-state index in [9.17, 15) is 19.5 Å². The molecule has 2 atom stereocenters. The molecule has 0 aromatic heterocycles. The molecule has 0 aliphatic heterocycles. The van der Waals surface area contributed by atoms with Gasteiger partial charge in [-0.1, -0.05) is 60.7 Å². The quantitative estimate of drug-likeness (QED) is 0.655. The first-order chi connectivity index (χ1) is 13.0. The van der Waals surface area contributed by atoms with Crippen molar-refractivity contribution >= 4 is 17.8 Å². The summed E-state index contributed by atoms with van der Waals surface area (Å²) in [5, 5.41) is 11.6. The molecule has 2 aromatic rings. The molecule has 0 heterocycles. The number of rotatable bonds is 9. The van der Waals surface area contributed by atoms with Crippen molar-refractivity contribution in [2.45, 2.75) is 25.2 Å². The number of amides is 1. The minimum absolute atomic E-state index is 0.0324. The van der Waals surface area contributed by atoms with Gasteiger partial charge in [0.15, 0.2) is 6.10 Å². The standard InChI is InChI=1S/C20H21NO6/c1-26-18(15-10-6-3-7-11-15)19(23)21-16(20(24)25)12-17(22)27-13-14-8-4-2-5-9-14/h2-11,16,18H,12-13H2,1H3,(H,21,23)(H,24,25)/t16-,18+/m1/s1. The van der Waals surface area contributed by atoms with Gasteiger partial charge in [0.05, 0.1) is 6.42 Å². The van der Waals surface area contributed by atoms with Gasteiger partial charge < -0.3 is 19.9 Å². The molecule has 0 unspecified atom stereocenters. The first-order valence-electron chi connectivity index (χ1n) is 8.31. The van der Waals surface area contributed by atoms with Gasteiger partial charge in [0, 0.05) is 7.11 Å². The lowest BCUT2D eigenvalue weighted by Crippen LogP contribution is -2.44. The van der Waals surface area contributed by atoms with Crippen molar-refractivity contribution in [2.24, 2.45) is 0 Å². The Bertz CT molecular complexity index is 763. The molecule has 0 radical (unpaired) electrons. The summed E-state index contributed by atoms with van der Waals surface area (Å²) < 4.78 is 10.2. The molecule has 0 fully saturated rings. The summed E-state index contributed by atoms with van der Waals surface area (Å²) in [6, 6.07) is 16.2. The normalized spacial score (nSPS) is 12.6. The second-order valence-corrected chi connectivity index (χ2v) is 5.78. The van der Waals surface area contributed by atoms with E-state index in [0.717, 1.165) is 5.56 Å². The highest BCUT2D eigenvalue weighted by molar-refractivity contribution is 5.89.